The molecule has 20 heavy (non-hydrogen) atoms. The molecular weight excluding hydrogens is 352 g/mol. The van der Waals surface area contributed by atoms with Gasteiger partial charge in [-0.05, 0) is 12.8 Å². The molecule has 0 amide bonds. The highest BCUT2D eigenvalue weighted by atomic mass is 32.3. The standard InChI is InChI=1S/C7H12N2O7S4/c1-18(10,11)6-8-9-7(17-6)19(12,13)4-2-3-5-20(14,15)16/h2-5H2,1H3,(H,14,15,16). The zero-order valence-corrected chi connectivity index (χ0v) is 13.5. The maximum atomic E-state index is 11.8. The van der Waals surface area contributed by atoms with Crippen LogP contribution in [-0.2, 0) is 29.8 Å². The zero-order valence-electron chi connectivity index (χ0n) is 10.3. The molecule has 0 saturated carbocycles. The lowest BCUT2D eigenvalue weighted by Gasteiger charge is -1.99. The number of hydrogen-bond acceptors (Lipinski definition) is 9. The zero-order chi connectivity index (χ0) is 15.6. The second-order valence-electron chi connectivity index (χ2n) is 3.92. The maximum Gasteiger partial charge on any atom is 0.264 e. The van der Waals surface area contributed by atoms with Crippen LogP contribution < -0.4 is 0 Å². The molecule has 0 aliphatic rings. The molecule has 9 nitrogen and oxygen atoms in total. The van der Waals surface area contributed by atoms with Crippen molar-refractivity contribution >= 4 is 41.1 Å². The Hall–Kier alpha value is -0.630. The Balaban J connectivity index is 2.73. The van der Waals surface area contributed by atoms with Gasteiger partial charge in [-0.25, -0.2) is 16.8 Å². The predicted octanol–water partition coefficient (Wildman–Crippen LogP) is -0.617. The van der Waals surface area contributed by atoms with Crippen molar-refractivity contribution in [1.82, 2.24) is 10.2 Å². The molecule has 0 aliphatic carbocycles. The highest BCUT2D eigenvalue weighted by Crippen LogP contribution is 2.21. The molecular formula is C7H12N2O7S4. The lowest BCUT2D eigenvalue weighted by Crippen LogP contribution is -2.09. The molecule has 1 N–H and O–H groups in total. The van der Waals surface area contributed by atoms with E-state index in [1.165, 1.54) is 0 Å². The molecule has 0 saturated heterocycles. The number of hydrogen-bond donors (Lipinski definition) is 1. The number of aromatic nitrogens is 2. The molecule has 116 valence electrons. The van der Waals surface area contributed by atoms with E-state index in [1.807, 2.05) is 0 Å². The smallest absolute Gasteiger partial charge is 0.264 e. The molecule has 0 radical (unpaired) electrons. The third-order valence-electron chi connectivity index (χ3n) is 2.04. The lowest BCUT2D eigenvalue weighted by molar-refractivity contribution is 0.480. The second kappa shape index (κ2) is 6.01. The van der Waals surface area contributed by atoms with Gasteiger partial charge in [0.05, 0.1) is 11.5 Å². The van der Waals surface area contributed by atoms with Crippen molar-refractivity contribution in [3.8, 4) is 0 Å². The van der Waals surface area contributed by atoms with Gasteiger partial charge in [-0.2, -0.15) is 8.42 Å². The minimum absolute atomic E-state index is 0.00406. The molecule has 0 aromatic carbocycles. The molecule has 0 spiro atoms. The third kappa shape index (κ3) is 5.40. The van der Waals surface area contributed by atoms with Gasteiger partial charge in [0.25, 0.3) is 10.1 Å². The first-order valence-electron chi connectivity index (χ1n) is 5.13. The van der Waals surface area contributed by atoms with Crippen LogP contribution in [0.1, 0.15) is 12.8 Å². The fourth-order valence-corrected chi connectivity index (χ4v) is 5.13. The van der Waals surface area contributed by atoms with Crippen LogP contribution in [0.25, 0.3) is 0 Å². The molecule has 1 aromatic heterocycles. The van der Waals surface area contributed by atoms with Crippen molar-refractivity contribution in [2.45, 2.75) is 21.5 Å². The molecule has 0 aliphatic heterocycles. The topological polar surface area (TPSA) is 148 Å². The van der Waals surface area contributed by atoms with E-state index in [4.69, 9.17) is 4.55 Å². The average molecular weight is 364 g/mol. The predicted molar refractivity (Wildman–Crippen MR) is 70.7 cm³/mol. The van der Waals surface area contributed by atoms with Gasteiger partial charge < -0.3 is 0 Å². The van der Waals surface area contributed by atoms with E-state index in [9.17, 15) is 25.3 Å². The van der Waals surface area contributed by atoms with E-state index in [-0.39, 0.29) is 12.8 Å². The number of sulfone groups is 2. The fourth-order valence-electron chi connectivity index (χ4n) is 1.14. The molecule has 0 atom stereocenters. The Morgan fingerprint density at radius 1 is 0.950 bits per heavy atom. The van der Waals surface area contributed by atoms with Crippen LogP contribution >= 0.6 is 11.3 Å². The van der Waals surface area contributed by atoms with Crippen molar-refractivity contribution < 1.29 is 29.8 Å². The van der Waals surface area contributed by atoms with E-state index in [1.54, 1.807) is 0 Å². The average Bonchev–Trinajstić information content (AvgIpc) is 2.72. The van der Waals surface area contributed by atoms with E-state index < -0.39 is 50.0 Å². The number of rotatable bonds is 7. The van der Waals surface area contributed by atoms with Gasteiger partial charge >= 0.3 is 0 Å². The molecule has 0 bridgehead atoms. The summed E-state index contributed by atoms with van der Waals surface area (Å²) in [6.07, 6.45) is 0.849. The summed E-state index contributed by atoms with van der Waals surface area (Å²) in [4.78, 5) is 0. The van der Waals surface area contributed by atoms with Crippen LogP contribution in [-0.4, -0.2) is 57.8 Å². The Kier molecular flexibility index (Phi) is 5.23. The summed E-state index contributed by atoms with van der Waals surface area (Å²) in [5, 5.41) is 6.60. The van der Waals surface area contributed by atoms with Crippen molar-refractivity contribution in [2.75, 3.05) is 17.8 Å². The van der Waals surface area contributed by atoms with Crippen LogP contribution in [0.5, 0.6) is 0 Å². The van der Waals surface area contributed by atoms with Crippen LogP contribution in [0.2, 0.25) is 0 Å². The summed E-state index contributed by atoms with van der Waals surface area (Å²) < 4.78 is 74.5. The minimum Gasteiger partial charge on any atom is -0.286 e. The molecule has 1 rings (SSSR count). The number of nitrogens with zero attached hydrogens (tertiary/aromatic N) is 2. The highest BCUT2D eigenvalue weighted by molar-refractivity contribution is 7.95. The Bertz CT molecular complexity index is 775. The summed E-state index contributed by atoms with van der Waals surface area (Å²) in [6.45, 7) is 0. The van der Waals surface area contributed by atoms with Crippen molar-refractivity contribution in [2.24, 2.45) is 0 Å². The van der Waals surface area contributed by atoms with E-state index >= 15 is 0 Å². The van der Waals surface area contributed by atoms with E-state index in [0.29, 0.717) is 11.3 Å². The largest absolute Gasteiger partial charge is 0.286 e. The molecule has 1 aromatic rings. The van der Waals surface area contributed by atoms with Gasteiger partial charge in [-0.3, -0.25) is 4.55 Å². The summed E-state index contributed by atoms with van der Waals surface area (Å²) in [5.41, 5.74) is 0. The molecule has 13 heteroatoms. The van der Waals surface area contributed by atoms with Crippen molar-refractivity contribution in [1.29, 1.82) is 0 Å². The van der Waals surface area contributed by atoms with E-state index in [2.05, 4.69) is 10.2 Å². The first kappa shape index (κ1) is 17.4. The maximum absolute atomic E-state index is 11.8. The van der Waals surface area contributed by atoms with Crippen LogP contribution in [0, 0.1) is 0 Å². The summed E-state index contributed by atoms with van der Waals surface area (Å²) in [5.74, 6) is -0.936. The van der Waals surface area contributed by atoms with Gasteiger partial charge in [0.15, 0.2) is 0 Å². The van der Waals surface area contributed by atoms with Gasteiger partial charge in [0.1, 0.15) is 0 Å². The van der Waals surface area contributed by atoms with E-state index in [0.717, 1.165) is 6.26 Å². The van der Waals surface area contributed by atoms with Crippen LogP contribution in [0.4, 0.5) is 0 Å². The molecule has 0 fully saturated rings. The Morgan fingerprint density at radius 2 is 1.45 bits per heavy atom. The fraction of sp³-hybridized carbons (Fsp3) is 0.714. The first-order valence-corrected chi connectivity index (χ1v) is 11.1. The molecule has 0 unspecified atom stereocenters. The van der Waals surface area contributed by atoms with Crippen molar-refractivity contribution in [3.63, 3.8) is 0 Å². The minimum atomic E-state index is -4.12. The van der Waals surface area contributed by atoms with Gasteiger partial charge in [0.2, 0.25) is 28.4 Å². The first-order chi connectivity index (χ1) is 8.92. The van der Waals surface area contributed by atoms with Crippen molar-refractivity contribution in [3.05, 3.63) is 0 Å². The second-order valence-corrected chi connectivity index (χ2v) is 10.9. The lowest BCUT2D eigenvalue weighted by atomic mass is 10.4. The summed E-state index contributed by atoms with van der Waals surface area (Å²) in [7, 11) is -11.6. The highest BCUT2D eigenvalue weighted by Gasteiger charge is 2.23. The quantitative estimate of drug-likeness (QED) is 0.493. The number of unbranched alkanes of at least 4 members (excludes halogenated alkanes) is 1. The van der Waals surface area contributed by atoms with Crippen LogP contribution in [0.15, 0.2) is 8.68 Å². The summed E-state index contributed by atoms with van der Waals surface area (Å²) in [6, 6.07) is 0. The Labute approximate surface area is 120 Å². The Morgan fingerprint density at radius 3 is 1.90 bits per heavy atom. The SMILES string of the molecule is CS(=O)(=O)c1nnc(S(=O)(=O)CCCCS(=O)(=O)O)s1. The molecule has 1 heterocycles. The monoisotopic (exact) mass is 364 g/mol. The van der Waals surface area contributed by atoms with Gasteiger partial charge in [0, 0.05) is 6.26 Å². The summed E-state index contributed by atoms with van der Waals surface area (Å²) >= 11 is 0.445. The third-order valence-corrected chi connectivity index (χ3v) is 7.68. The van der Waals surface area contributed by atoms with Crippen LogP contribution in [0.3, 0.4) is 0 Å². The normalized spacial score (nSPS) is 13.5. The van der Waals surface area contributed by atoms with Gasteiger partial charge in [-0.15, -0.1) is 10.2 Å². The van der Waals surface area contributed by atoms with Gasteiger partial charge in [-0.1, -0.05) is 11.3 Å².